The first-order chi connectivity index (χ1) is 14.2. The fourth-order valence-electron chi connectivity index (χ4n) is 3.12. The van der Waals surface area contributed by atoms with Crippen LogP contribution in [0.25, 0.3) is 0 Å². The minimum atomic E-state index is -4.06. The molecule has 1 aromatic heterocycles. The van der Waals surface area contributed by atoms with Gasteiger partial charge in [0.15, 0.2) is 0 Å². The van der Waals surface area contributed by atoms with Crippen LogP contribution in [0.2, 0.25) is 5.02 Å². The summed E-state index contributed by atoms with van der Waals surface area (Å²) in [5.41, 5.74) is 3.23. The van der Waals surface area contributed by atoms with Gasteiger partial charge in [0, 0.05) is 11.9 Å². The molecule has 0 bridgehead atoms. The molecule has 0 saturated heterocycles. The number of sulfonamides is 1. The van der Waals surface area contributed by atoms with Gasteiger partial charge in [0.25, 0.3) is 10.0 Å². The number of aromatic nitrogens is 1. The lowest BCUT2D eigenvalue weighted by Crippen LogP contribution is -2.15. The molecule has 3 aromatic rings. The van der Waals surface area contributed by atoms with Gasteiger partial charge in [-0.2, -0.15) is 0 Å². The summed E-state index contributed by atoms with van der Waals surface area (Å²) in [4.78, 5) is 15.6. The highest BCUT2D eigenvalue weighted by molar-refractivity contribution is 7.92. The molecule has 0 atom stereocenters. The average Bonchev–Trinajstić information content (AvgIpc) is 3.05. The number of halogens is 1. The number of fused-ring (bicyclic) bond motifs is 1. The van der Waals surface area contributed by atoms with Gasteiger partial charge in [-0.3, -0.25) is 9.52 Å². The van der Waals surface area contributed by atoms with Crippen LogP contribution < -0.4 is 14.8 Å². The number of amides is 1. The van der Waals surface area contributed by atoms with Crippen LogP contribution >= 0.6 is 11.6 Å². The Labute approximate surface area is 179 Å². The number of rotatable bonds is 5. The van der Waals surface area contributed by atoms with Gasteiger partial charge < -0.3 is 10.1 Å². The highest BCUT2D eigenvalue weighted by atomic mass is 35.5. The van der Waals surface area contributed by atoms with Crippen LogP contribution in [0.5, 0.6) is 11.6 Å². The Balaban J connectivity index is 1.68. The van der Waals surface area contributed by atoms with Gasteiger partial charge in [-0.1, -0.05) is 23.7 Å². The van der Waals surface area contributed by atoms with Gasteiger partial charge in [-0.15, -0.1) is 0 Å². The molecular weight excluding hydrogens is 426 g/mol. The van der Waals surface area contributed by atoms with E-state index in [0.29, 0.717) is 17.0 Å². The van der Waals surface area contributed by atoms with E-state index in [0.717, 1.165) is 11.1 Å². The largest absolute Gasteiger partial charge is 0.437 e. The predicted molar refractivity (Wildman–Crippen MR) is 115 cm³/mol. The Bertz CT molecular complexity index is 1280. The molecule has 154 valence electrons. The van der Waals surface area contributed by atoms with E-state index < -0.39 is 10.0 Å². The summed E-state index contributed by atoms with van der Waals surface area (Å²) in [6, 6.07) is 11.6. The molecule has 2 N–H and O–H groups in total. The SMILES string of the molecule is Cc1cccc(Oc2ncccc2NS(=O)(=O)c2cc3c(cc2Cl)NC(=O)C3)c1C. The van der Waals surface area contributed by atoms with Crippen LogP contribution in [0.4, 0.5) is 11.4 Å². The second-order valence-electron chi connectivity index (χ2n) is 6.93. The quantitative estimate of drug-likeness (QED) is 0.607. The number of carbonyl (C=O) groups excluding carboxylic acids is 1. The maximum absolute atomic E-state index is 13.0. The molecule has 0 radical (unpaired) electrons. The predicted octanol–water partition coefficient (Wildman–Crippen LogP) is 4.44. The molecular formula is C21H18ClN3O4S. The average molecular weight is 444 g/mol. The first-order valence-electron chi connectivity index (χ1n) is 9.09. The summed E-state index contributed by atoms with van der Waals surface area (Å²) in [5, 5.41) is 2.65. The highest BCUT2D eigenvalue weighted by Crippen LogP contribution is 2.35. The normalized spacial score (nSPS) is 13.0. The number of nitrogens with zero attached hydrogens (tertiary/aromatic N) is 1. The lowest BCUT2D eigenvalue weighted by atomic mass is 10.1. The third kappa shape index (κ3) is 3.83. The first kappa shape index (κ1) is 20.2. The lowest BCUT2D eigenvalue weighted by molar-refractivity contribution is -0.115. The molecule has 2 aromatic carbocycles. The van der Waals surface area contributed by atoms with E-state index in [1.807, 2.05) is 26.0 Å². The summed E-state index contributed by atoms with van der Waals surface area (Å²) in [6.45, 7) is 3.87. The van der Waals surface area contributed by atoms with Crippen LogP contribution in [0.15, 0.2) is 53.6 Å². The first-order valence-corrected chi connectivity index (χ1v) is 10.9. The zero-order chi connectivity index (χ0) is 21.5. The minimum Gasteiger partial charge on any atom is -0.437 e. The van der Waals surface area contributed by atoms with Gasteiger partial charge in [0.05, 0.1) is 11.4 Å². The molecule has 2 heterocycles. The fourth-order valence-corrected chi connectivity index (χ4v) is 4.76. The number of hydrogen-bond acceptors (Lipinski definition) is 5. The zero-order valence-corrected chi connectivity index (χ0v) is 17.8. The molecule has 0 unspecified atom stereocenters. The van der Waals surface area contributed by atoms with Gasteiger partial charge in [0.2, 0.25) is 11.8 Å². The molecule has 9 heteroatoms. The summed E-state index contributed by atoms with van der Waals surface area (Å²) in [6.07, 6.45) is 1.61. The number of ether oxygens (including phenoxy) is 1. The van der Waals surface area contributed by atoms with Crippen molar-refractivity contribution in [2.45, 2.75) is 25.2 Å². The maximum atomic E-state index is 13.0. The summed E-state index contributed by atoms with van der Waals surface area (Å²) in [7, 11) is -4.06. The molecule has 4 rings (SSSR count). The molecule has 7 nitrogen and oxygen atoms in total. The third-order valence-electron chi connectivity index (χ3n) is 4.85. The summed E-state index contributed by atoms with van der Waals surface area (Å²) in [5.74, 6) is 0.484. The van der Waals surface area contributed by atoms with Crippen molar-refractivity contribution in [1.29, 1.82) is 0 Å². The number of aryl methyl sites for hydroxylation is 1. The van der Waals surface area contributed by atoms with Crippen molar-refractivity contribution in [3.63, 3.8) is 0 Å². The van der Waals surface area contributed by atoms with Crippen LogP contribution in [0, 0.1) is 13.8 Å². The van der Waals surface area contributed by atoms with E-state index >= 15 is 0 Å². The van der Waals surface area contributed by atoms with Crippen LogP contribution in [0.1, 0.15) is 16.7 Å². The van der Waals surface area contributed by atoms with Crippen molar-refractivity contribution in [2.24, 2.45) is 0 Å². The summed E-state index contributed by atoms with van der Waals surface area (Å²) < 4.78 is 34.5. The van der Waals surface area contributed by atoms with Crippen LogP contribution in [-0.4, -0.2) is 19.3 Å². The highest BCUT2D eigenvalue weighted by Gasteiger charge is 2.26. The molecule has 30 heavy (non-hydrogen) atoms. The number of nitrogens with one attached hydrogen (secondary N) is 2. The van der Waals surface area contributed by atoms with E-state index in [1.165, 1.54) is 18.3 Å². The van der Waals surface area contributed by atoms with E-state index in [-0.39, 0.29) is 33.8 Å². The Hall–Kier alpha value is -3.10. The zero-order valence-electron chi connectivity index (χ0n) is 16.2. The van der Waals surface area contributed by atoms with Gasteiger partial charge in [-0.25, -0.2) is 13.4 Å². The van der Waals surface area contributed by atoms with Crippen molar-refractivity contribution in [1.82, 2.24) is 4.98 Å². The third-order valence-corrected chi connectivity index (χ3v) is 6.68. The monoisotopic (exact) mass is 443 g/mol. The molecule has 1 aliphatic rings. The standard InChI is InChI=1S/C21H18ClN3O4S/c1-12-5-3-7-18(13(12)2)29-21-16(6-4-8-23-21)25-30(27,28)19-9-14-10-20(26)24-17(14)11-15(19)22/h3-9,11,25H,10H2,1-2H3,(H,24,26). The Morgan fingerprint density at radius 3 is 2.77 bits per heavy atom. The van der Waals surface area contributed by atoms with Gasteiger partial charge in [-0.05, 0) is 60.9 Å². The molecule has 1 aliphatic heterocycles. The number of anilines is 2. The Morgan fingerprint density at radius 1 is 1.17 bits per heavy atom. The number of carbonyl (C=O) groups is 1. The molecule has 0 fully saturated rings. The fraction of sp³-hybridized carbons (Fsp3) is 0.143. The van der Waals surface area contributed by atoms with Crippen molar-refractivity contribution in [2.75, 3.05) is 10.0 Å². The smallest absolute Gasteiger partial charge is 0.263 e. The Morgan fingerprint density at radius 2 is 1.97 bits per heavy atom. The second kappa shape index (κ2) is 7.62. The summed E-state index contributed by atoms with van der Waals surface area (Å²) >= 11 is 6.20. The van der Waals surface area contributed by atoms with E-state index in [1.54, 1.807) is 18.2 Å². The maximum Gasteiger partial charge on any atom is 0.263 e. The number of benzene rings is 2. The molecule has 1 amide bonds. The van der Waals surface area contributed by atoms with Gasteiger partial charge in [0.1, 0.15) is 16.3 Å². The topological polar surface area (TPSA) is 97.4 Å². The molecule has 0 spiro atoms. The van der Waals surface area contributed by atoms with Crippen molar-refractivity contribution < 1.29 is 17.9 Å². The minimum absolute atomic E-state index is 0.00402. The molecule has 0 aliphatic carbocycles. The van der Waals surface area contributed by atoms with E-state index in [2.05, 4.69) is 15.0 Å². The van der Waals surface area contributed by atoms with Crippen LogP contribution in [-0.2, 0) is 21.2 Å². The van der Waals surface area contributed by atoms with E-state index in [4.69, 9.17) is 16.3 Å². The van der Waals surface area contributed by atoms with Crippen molar-refractivity contribution in [3.8, 4) is 11.6 Å². The Kier molecular flexibility index (Phi) is 5.13. The van der Waals surface area contributed by atoms with Crippen LogP contribution in [0.3, 0.4) is 0 Å². The van der Waals surface area contributed by atoms with Gasteiger partial charge >= 0.3 is 0 Å². The lowest BCUT2D eigenvalue weighted by Gasteiger charge is -2.15. The number of pyridine rings is 1. The molecule has 0 saturated carbocycles. The van der Waals surface area contributed by atoms with Crippen molar-refractivity contribution in [3.05, 3.63) is 70.4 Å². The van der Waals surface area contributed by atoms with E-state index in [9.17, 15) is 13.2 Å². The number of hydrogen-bond donors (Lipinski definition) is 2. The van der Waals surface area contributed by atoms with Crippen molar-refractivity contribution >= 4 is 38.9 Å². The second-order valence-corrected chi connectivity index (χ2v) is 8.98.